The number of phenols is 1. The van der Waals surface area contributed by atoms with Crippen LogP contribution in [0.4, 0.5) is 0 Å². The van der Waals surface area contributed by atoms with Crippen molar-refractivity contribution in [3.63, 3.8) is 0 Å². The molecule has 0 saturated carbocycles. The Bertz CT molecular complexity index is 1410. The van der Waals surface area contributed by atoms with Crippen molar-refractivity contribution >= 4 is 27.7 Å². The van der Waals surface area contributed by atoms with Crippen LogP contribution in [0.1, 0.15) is 27.0 Å². The van der Waals surface area contributed by atoms with Crippen molar-refractivity contribution in [2.24, 2.45) is 5.73 Å². The molecule has 0 bridgehead atoms. The number of nitrogens with two attached hydrogens (primary N) is 1. The number of amides is 2. The molecule has 0 spiro atoms. The number of nitrogens with one attached hydrogen (secondary N) is 1. The number of halogens is 1. The summed E-state index contributed by atoms with van der Waals surface area (Å²) in [5.74, 6) is 0.0837. The predicted molar refractivity (Wildman–Crippen MR) is 158 cm³/mol. The van der Waals surface area contributed by atoms with E-state index in [9.17, 15) is 14.7 Å². The molecule has 0 unspecified atom stereocenters. The molecular formula is C32H32BrN3O3. The zero-order valence-electron chi connectivity index (χ0n) is 21.6. The maximum Gasteiger partial charge on any atom is 0.251 e. The molecule has 200 valence electrons. The van der Waals surface area contributed by atoms with E-state index in [1.165, 1.54) is 0 Å². The molecular weight excluding hydrogens is 554 g/mol. The fraction of sp³-hybridized carbons (Fsp3) is 0.188. The molecule has 4 rings (SSSR count). The second-order valence-electron chi connectivity index (χ2n) is 9.33. The van der Waals surface area contributed by atoms with Gasteiger partial charge in [-0.1, -0.05) is 76.6 Å². The lowest BCUT2D eigenvalue weighted by atomic mass is 9.97. The van der Waals surface area contributed by atoms with Crippen LogP contribution in [0.25, 0.3) is 11.1 Å². The van der Waals surface area contributed by atoms with Crippen LogP contribution >= 0.6 is 15.9 Å². The number of phenolic OH excluding ortho intramolecular Hbond substituents is 1. The molecule has 0 aliphatic carbocycles. The summed E-state index contributed by atoms with van der Waals surface area (Å²) in [5.41, 5.74) is 10.8. The maximum absolute atomic E-state index is 13.5. The number of nitrogens with zero attached hydrogens (tertiary/aromatic N) is 1. The third-order valence-electron chi connectivity index (χ3n) is 6.44. The first-order chi connectivity index (χ1) is 18.9. The smallest absolute Gasteiger partial charge is 0.251 e. The Morgan fingerprint density at radius 1 is 0.846 bits per heavy atom. The van der Waals surface area contributed by atoms with Crippen molar-refractivity contribution in [1.29, 1.82) is 0 Å². The molecule has 0 atom stereocenters. The van der Waals surface area contributed by atoms with Crippen LogP contribution in [0, 0.1) is 0 Å². The van der Waals surface area contributed by atoms with Gasteiger partial charge >= 0.3 is 0 Å². The fourth-order valence-corrected chi connectivity index (χ4v) is 4.64. The van der Waals surface area contributed by atoms with Gasteiger partial charge < -0.3 is 21.1 Å². The topological polar surface area (TPSA) is 95.7 Å². The Morgan fingerprint density at radius 3 is 2.31 bits per heavy atom. The molecule has 0 saturated heterocycles. The lowest BCUT2D eigenvalue weighted by molar-refractivity contribution is -0.131. The summed E-state index contributed by atoms with van der Waals surface area (Å²) < 4.78 is 0.969. The molecule has 0 aromatic heterocycles. The van der Waals surface area contributed by atoms with Gasteiger partial charge in [0.15, 0.2) is 0 Å². The van der Waals surface area contributed by atoms with E-state index in [2.05, 4.69) is 21.2 Å². The molecule has 0 fully saturated rings. The van der Waals surface area contributed by atoms with Crippen LogP contribution in [-0.4, -0.2) is 41.5 Å². The van der Waals surface area contributed by atoms with Gasteiger partial charge in [-0.15, -0.1) is 0 Å². The van der Waals surface area contributed by atoms with Crippen LogP contribution in [0.5, 0.6) is 5.75 Å². The van der Waals surface area contributed by atoms with Gasteiger partial charge in [0.05, 0.1) is 6.42 Å². The summed E-state index contributed by atoms with van der Waals surface area (Å²) in [6.07, 6.45) is 0.961. The van der Waals surface area contributed by atoms with Crippen LogP contribution in [0.15, 0.2) is 102 Å². The number of carbonyl (C=O) groups excluding carboxylic acids is 2. The highest BCUT2D eigenvalue weighted by atomic mass is 79.9. The first-order valence-electron chi connectivity index (χ1n) is 12.9. The molecule has 2 amide bonds. The molecule has 0 radical (unpaired) electrons. The summed E-state index contributed by atoms with van der Waals surface area (Å²) in [5, 5.41) is 12.5. The van der Waals surface area contributed by atoms with Crippen LogP contribution in [0.2, 0.25) is 0 Å². The van der Waals surface area contributed by atoms with Crippen molar-refractivity contribution in [2.45, 2.75) is 19.4 Å². The molecule has 7 heteroatoms. The zero-order valence-corrected chi connectivity index (χ0v) is 23.2. The number of hydrogen-bond acceptors (Lipinski definition) is 4. The standard InChI is InChI=1S/C32H32BrN3O3/c33-27-12-8-24(9-13-27)21-31(38)36(19-16-23-10-14-28(37)15-11-23)22-25-4-3-5-26(20-25)29-6-1-2-7-30(29)32(39)35-18-17-34/h1-15,20,37H,16-19,21-22,34H2,(H,35,39). The van der Waals surface area contributed by atoms with Crippen LogP contribution in [-0.2, 0) is 24.2 Å². The number of hydrogen-bond donors (Lipinski definition) is 3. The quantitative estimate of drug-likeness (QED) is 0.222. The van der Waals surface area contributed by atoms with E-state index < -0.39 is 0 Å². The van der Waals surface area contributed by atoms with Gasteiger partial charge in [-0.25, -0.2) is 0 Å². The minimum absolute atomic E-state index is 0.0306. The summed E-state index contributed by atoms with van der Waals surface area (Å²) >= 11 is 3.45. The van der Waals surface area contributed by atoms with Gasteiger partial charge in [0.25, 0.3) is 5.91 Å². The molecule has 0 aliphatic rings. The fourth-order valence-electron chi connectivity index (χ4n) is 4.38. The Balaban J connectivity index is 1.57. The Morgan fingerprint density at radius 2 is 1.56 bits per heavy atom. The normalized spacial score (nSPS) is 10.7. The van der Waals surface area contributed by atoms with Crippen LogP contribution < -0.4 is 11.1 Å². The first-order valence-corrected chi connectivity index (χ1v) is 13.7. The van der Waals surface area contributed by atoms with Crippen molar-refractivity contribution in [3.8, 4) is 16.9 Å². The summed E-state index contributed by atoms with van der Waals surface area (Å²) in [7, 11) is 0. The lowest BCUT2D eigenvalue weighted by Crippen LogP contribution is -2.33. The van der Waals surface area contributed by atoms with Crippen molar-refractivity contribution in [2.75, 3.05) is 19.6 Å². The minimum atomic E-state index is -0.165. The van der Waals surface area contributed by atoms with E-state index in [1.54, 1.807) is 18.2 Å². The van der Waals surface area contributed by atoms with Gasteiger partial charge in [0, 0.05) is 36.2 Å². The maximum atomic E-state index is 13.5. The highest BCUT2D eigenvalue weighted by Crippen LogP contribution is 2.25. The number of aromatic hydroxyl groups is 1. The Hall–Kier alpha value is -3.94. The van der Waals surface area contributed by atoms with Gasteiger partial charge in [-0.05, 0) is 70.6 Å². The number of benzene rings is 4. The molecule has 6 nitrogen and oxygen atoms in total. The van der Waals surface area contributed by atoms with Crippen LogP contribution in [0.3, 0.4) is 0 Å². The first kappa shape index (κ1) is 28.1. The van der Waals surface area contributed by atoms with E-state index in [-0.39, 0.29) is 17.6 Å². The third kappa shape index (κ3) is 8.02. The van der Waals surface area contributed by atoms with Crippen molar-refractivity contribution in [1.82, 2.24) is 10.2 Å². The van der Waals surface area contributed by atoms with E-state index >= 15 is 0 Å². The SMILES string of the molecule is NCCNC(=O)c1ccccc1-c1cccc(CN(CCc2ccc(O)cc2)C(=O)Cc2ccc(Br)cc2)c1. The van der Waals surface area contributed by atoms with E-state index in [1.807, 2.05) is 83.8 Å². The zero-order chi connectivity index (χ0) is 27.6. The second-order valence-corrected chi connectivity index (χ2v) is 10.2. The largest absolute Gasteiger partial charge is 0.508 e. The highest BCUT2D eigenvalue weighted by molar-refractivity contribution is 9.10. The van der Waals surface area contributed by atoms with E-state index in [4.69, 9.17) is 5.73 Å². The molecule has 4 N–H and O–H groups in total. The highest BCUT2D eigenvalue weighted by Gasteiger charge is 2.17. The second kappa shape index (κ2) is 13.7. The van der Waals surface area contributed by atoms with Gasteiger partial charge in [-0.3, -0.25) is 9.59 Å². The van der Waals surface area contributed by atoms with Gasteiger partial charge in [-0.2, -0.15) is 0 Å². The van der Waals surface area contributed by atoms with Gasteiger partial charge in [0.2, 0.25) is 5.91 Å². The summed E-state index contributed by atoms with van der Waals surface area (Å²) in [4.78, 5) is 28.1. The molecule has 39 heavy (non-hydrogen) atoms. The molecule has 4 aromatic carbocycles. The minimum Gasteiger partial charge on any atom is -0.508 e. The third-order valence-corrected chi connectivity index (χ3v) is 6.97. The van der Waals surface area contributed by atoms with Crippen molar-refractivity contribution < 1.29 is 14.7 Å². The number of rotatable bonds is 11. The molecule has 0 aliphatic heterocycles. The predicted octanol–water partition coefficient (Wildman–Crippen LogP) is 5.32. The summed E-state index contributed by atoms with van der Waals surface area (Å²) in [6, 6.07) is 30.3. The Labute approximate surface area is 237 Å². The monoisotopic (exact) mass is 585 g/mol. The van der Waals surface area contributed by atoms with Crippen molar-refractivity contribution in [3.05, 3.63) is 124 Å². The average molecular weight is 587 g/mol. The van der Waals surface area contributed by atoms with E-state index in [0.717, 1.165) is 32.3 Å². The average Bonchev–Trinajstić information content (AvgIpc) is 2.96. The Kier molecular flexibility index (Phi) is 9.89. The molecule has 0 heterocycles. The van der Waals surface area contributed by atoms with E-state index in [0.29, 0.717) is 44.6 Å². The van der Waals surface area contributed by atoms with Gasteiger partial charge in [0.1, 0.15) is 5.75 Å². The number of carbonyl (C=O) groups is 2. The lowest BCUT2D eigenvalue weighted by Gasteiger charge is -2.24. The molecule has 4 aromatic rings. The summed E-state index contributed by atoms with van der Waals surface area (Å²) in [6.45, 7) is 1.74.